The average molecular weight is 368 g/mol. The van der Waals surface area contributed by atoms with Crippen LogP contribution < -0.4 is 0 Å². The van der Waals surface area contributed by atoms with Crippen molar-refractivity contribution in [2.75, 3.05) is 0 Å². The van der Waals surface area contributed by atoms with Gasteiger partial charge in [0.05, 0.1) is 0 Å². The summed E-state index contributed by atoms with van der Waals surface area (Å²) < 4.78 is 5.32. The number of fused-ring (bicyclic) bond motifs is 1. The van der Waals surface area contributed by atoms with E-state index in [1.54, 1.807) is 24.3 Å². The predicted molar refractivity (Wildman–Crippen MR) is 101 cm³/mol. The fourth-order valence-corrected chi connectivity index (χ4v) is 3.08. The number of carbonyl (C=O) groups excluding carboxylic acids is 1. The number of benzene rings is 3. The molecule has 3 aromatic rings. The molecule has 1 aliphatic rings. The number of rotatable bonds is 2. The van der Waals surface area contributed by atoms with Crippen molar-refractivity contribution in [3.63, 3.8) is 0 Å². The molecule has 0 saturated heterocycles. The zero-order valence-electron chi connectivity index (χ0n) is 12.9. The highest BCUT2D eigenvalue weighted by Crippen LogP contribution is 2.26. The topological polar surface area (TPSA) is 38.7 Å². The summed E-state index contributed by atoms with van der Waals surface area (Å²) in [4.78, 5) is 16.4. The number of ether oxygens (including phenoxy) is 1. The van der Waals surface area contributed by atoms with E-state index in [4.69, 9.17) is 27.9 Å². The Morgan fingerprint density at radius 2 is 1.72 bits per heavy atom. The maximum atomic E-state index is 12.1. The van der Waals surface area contributed by atoms with Gasteiger partial charge in [0.1, 0.15) is 0 Å². The van der Waals surface area contributed by atoms with E-state index < -0.39 is 5.97 Å². The molecule has 1 heterocycles. The molecule has 122 valence electrons. The monoisotopic (exact) mass is 367 g/mol. The number of halogens is 2. The largest absolute Gasteiger partial charge is 0.402 e. The van der Waals surface area contributed by atoms with Crippen molar-refractivity contribution >= 4 is 51.9 Å². The number of hydrogen-bond acceptors (Lipinski definition) is 3. The minimum atomic E-state index is -0.505. The molecule has 4 rings (SSSR count). The number of carbonyl (C=O) groups is 1. The molecule has 0 saturated carbocycles. The van der Waals surface area contributed by atoms with Crippen LogP contribution in [0.5, 0.6) is 0 Å². The zero-order valence-corrected chi connectivity index (χ0v) is 14.4. The Kier molecular flexibility index (Phi) is 4.04. The molecular formula is C20H11Cl2NO2. The maximum absolute atomic E-state index is 12.1. The van der Waals surface area contributed by atoms with Crippen LogP contribution in [0.25, 0.3) is 16.8 Å². The number of nitrogens with zero attached hydrogens (tertiary/aromatic N) is 1. The maximum Gasteiger partial charge on any atom is 0.363 e. The van der Waals surface area contributed by atoms with Crippen LogP contribution in [0, 0.1) is 0 Å². The average Bonchev–Trinajstić information content (AvgIpc) is 2.98. The van der Waals surface area contributed by atoms with Gasteiger partial charge < -0.3 is 4.74 Å². The van der Waals surface area contributed by atoms with E-state index in [1.807, 2.05) is 42.5 Å². The summed E-state index contributed by atoms with van der Waals surface area (Å²) in [6.07, 6.45) is 1.59. The van der Waals surface area contributed by atoms with E-state index in [9.17, 15) is 4.79 Å². The summed E-state index contributed by atoms with van der Waals surface area (Å²) >= 11 is 12.0. The van der Waals surface area contributed by atoms with Gasteiger partial charge in [-0.05, 0) is 46.7 Å². The summed E-state index contributed by atoms with van der Waals surface area (Å²) in [5.74, 6) is -0.221. The molecule has 0 N–H and O–H groups in total. The summed E-state index contributed by atoms with van der Waals surface area (Å²) in [5, 5.41) is 3.14. The van der Waals surface area contributed by atoms with Crippen LogP contribution in [-0.2, 0) is 9.53 Å². The molecule has 0 spiro atoms. The van der Waals surface area contributed by atoms with Crippen LogP contribution >= 0.6 is 23.2 Å². The zero-order chi connectivity index (χ0) is 17.4. The van der Waals surface area contributed by atoms with Crippen LogP contribution in [0.15, 0.2) is 71.4 Å². The van der Waals surface area contributed by atoms with E-state index in [2.05, 4.69) is 4.99 Å². The van der Waals surface area contributed by atoms with Gasteiger partial charge in [-0.2, -0.15) is 0 Å². The van der Waals surface area contributed by atoms with Gasteiger partial charge in [0.25, 0.3) is 0 Å². The summed E-state index contributed by atoms with van der Waals surface area (Å²) in [7, 11) is 0. The van der Waals surface area contributed by atoms with E-state index in [0.717, 1.165) is 16.3 Å². The van der Waals surface area contributed by atoms with Gasteiger partial charge in [-0.1, -0.05) is 59.6 Å². The molecule has 25 heavy (non-hydrogen) atoms. The van der Waals surface area contributed by atoms with E-state index in [-0.39, 0.29) is 11.6 Å². The molecule has 0 unspecified atom stereocenters. The van der Waals surface area contributed by atoms with Crippen molar-refractivity contribution in [3.05, 3.63) is 87.5 Å². The van der Waals surface area contributed by atoms with Gasteiger partial charge in [-0.25, -0.2) is 9.79 Å². The fraction of sp³-hybridized carbons (Fsp3) is 0. The first-order chi connectivity index (χ1) is 12.1. The van der Waals surface area contributed by atoms with Crippen molar-refractivity contribution < 1.29 is 9.53 Å². The van der Waals surface area contributed by atoms with Crippen molar-refractivity contribution in [1.29, 1.82) is 0 Å². The SMILES string of the molecule is O=C1OC(c2ccc3ccccc3c2)=NC1=Cc1ccc(Cl)cc1Cl. The Hall–Kier alpha value is -2.62. The highest BCUT2D eigenvalue weighted by atomic mass is 35.5. The predicted octanol–water partition coefficient (Wildman–Crippen LogP) is 5.49. The summed E-state index contributed by atoms with van der Waals surface area (Å²) in [6, 6.07) is 18.8. The van der Waals surface area contributed by atoms with Crippen LogP contribution in [-0.4, -0.2) is 11.9 Å². The van der Waals surface area contributed by atoms with E-state index in [0.29, 0.717) is 15.6 Å². The second-order valence-electron chi connectivity index (χ2n) is 5.56. The molecule has 0 amide bonds. The number of esters is 1. The van der Waals surface area contributed by atoms with Gasteiger partial charge in [-0.15, -0.1) is 0 Å². The van der Waals surface area contributed by atoms with E-state index >= 15 is 0 Å². The first kappa shape index (κ1) is 15.9. The first-order valence-electron chi connectivity index (χ1n) is 7.57. The highest BCUT2D eigenvalue weighted by Gasteiger charge is 2.24. The van der Waals surface area contributed by atoms with E-state index in [1.165, 1.54) is 0 Å². The normalized spacial score (nSPS) is 15.5. The second-order valence-corrected chi connectivity index (χ2v) is 6.41. The molecule has 3 aromatic carbocycles. The molecule has 1 aliphatic heterocycles. The third kappa shape index (κ3) is 3.16. The Labute approximate surface area is 154 Å². The molecule has 3 nitrogen and oxygen atoms in total. The Balaban J connectivity index is 1.72. The quantitative estimate of drug-likeness (QED) is 0.443. The van der Waals surface area contributed by atoms with Gasteiger partial charge in [0.15, 0.2) is 5.70 Å². The van der Waals surface area contributed by atoms with Crippen molar-refractivity contribution in [2.24, 2.45) is 4.99 Å². The lowest BCUT2D eigenvalue weighted by Crippen LogP contribution is -2.05. The molecular weight excluding hydrogens is 357 g/mol. The third-order valence-electron chi connectivity index (χ3n) is 3.87. The summed E-state index contributed by atoms with van der Waals surface area (Å²) in [5.41, 5.74) is 1.60. The number of cyclic esters (lactones) is 1. The van der Waals surface area contributed by atoms with Crippen molar-refractivity contribution in [2.45, 2.75) is 0 Å². The molecule has 0 aliphatic carbocycles. The van der Waals surface area contributed by atoms with Gasteiger partial charge >= 0.3 is 5.97 Å². The summed E-state index contributed by atoms with van der Waals surface area (Å²) in [6.45, 7) is 0. The van der Waals surface area contributed by atoms with Crippen molar-refractivity contribution in [1.82, 2.24) is 0 Å². The first-order valence-corrected chi connectivity index (χ1v) is 8.32. The van der Waals surface area contributed by atoms with Gasteiger partial charge in [0, 0.05) is 15.6 Å². The minimum absolute atomic E-state index is 0.201. The van der Waals surface area contributed by atoms with Crippen LogP contribution in [0.4, 0.5) is 0 Å². The standard InChI is InChI=1S/C20H11Cl2NO2/c21-16-8-7-14(17(22)11-16)10-18-20(24)25-19(23-18)15-6-5-12-3-1-2-4-13(12)9-15/h1-11H. The lowest BCUT2D eigenvalue weighted by Gasteiger charge is -2.02. The Bertz CT molecular complexity index is 1070. The third-order valence-corrected chi connectivity index (χ3v) is 4.43. The lowest BCUT2D eigenvalue weighted by molar-refractivity contribution is -0.129. The molecule has 0 radical (unpaired) electrons. The molecule has 0 aromatic heterocycles. The smallest absolute Gasteiger partial charge is 0.363 e. The van der Waals surface area contributed by atoms with Crippen LogP contribution in [0.2, 0.25) is 10.0 Å². The molecule has 0 atom stereocenters. The second kappa shape index (κ2) is 6.36. The minimum Gasteiger partial charge on any atom is -0.402 e. The van der Waals surface area contributed by atoms with Crippen LogP contribution in [0.1, 0.15) is 11.1 Å². The number of hydrogen-bond donors (Lipinski definition) is 0. The van der Waals surface area contributed by atoms with Gasteiger partial charge in [0.2, 0.25) is 5.90 Å². The highest BCUT2D eigenvalue weighted by molar-refractivity contribution is 6.35. The molecule has 5 heteroatoms. The Morgan fingerprint density at radius 3 is 2.52 bits per heavy atom. The molecule has 0 fully saturated rings. The molecule has 0 bridgehead atoms. The van der Waals surface area contributed by atoms with Crippen LogP contribution in [0.3, 0.4) is 0 Å². The number of aliphatic imine (C=N–C) groups is 1. The fourth-order valence-electron chi connectivity index (χ4n) is 2.62. The van der Waals surface area contributed by atoms with Crippen molar-refractivity contribution in [3.8, 4) is 0 Å². The lowest BCUT2D eigenvalue weighted by atomic mass is 10.1. The Morgan fingerprint density at radius 1 is 0.920 bits per heavy atom. The van der Waals surface area contributed by atoms with Gasteiger partial charge in [-0.3, -0.25) is 0 Å².